The van der Waals surface area contributed by atoms with Crippen molar-refractivity contribution in [1.82, 2.24) is 9.55 Å². The first kappa shape index (κ1) is 25.0. The molecule has 0 spiro atoms. The Morgan fingerprint density at radius 2 is 1.54 bits per heavy atom. The number of fused-ring (bicyclic) bond motifs is 1. The zero-order valence-electron chi connectivity index (χ0n) is 20.8. The lowest BCUT2D eigenvalue weighted by Crippen LogP contribution is -2.23. The van der Waals surface area contributed by atoms with Crippen LogP contribution in [0.4, 0.5) is 0 Å². The molecular weight excluding hydrogens is 456 g/mol. The maximum atomic E-state index is 13.3. The lowest BCUT2D eigenvalue weighted by Gasteiger charge is -2.22. The molecule has 0 fully saturated rings. The fourth-order valence-electron chi connectivity index (χ4n) is 4.31. The van der Waals surface area contributed by atoms with Crippen LogP contribution < -0.4 is 10.3 Å². The number of nitrogens with zero attached hydrogens (tertiary/aromatic N) is 2. The summed E-state index contributed by atoms with van der Waals surface area (Å²) in [4.78, 5) is 18.1. The summed E-state index contributed by atoms with van der Waals surface area (Å²) in [6.07, 6.45) is 3.94. The summed E-state index contributed by atoms with van der Waals surface area (Å²) in [6.45, 7) is 7.94. The van der Waals surface area contributed by atoms with Crippen molar-refractivity contribution in [2.75, 3.05) is 6.61 Å². The largest absolute Gasteiger partial charge is 0.493 e. The van der Waals surface area contributed by atoms with Gasteiger partial charge in [-0.1, -0.05) is 75.5 Å². The van der Waals surface area contributed by atoms with Gasteiger partial charge in [0, 0.05) is 17.1 Å². The van der Waals surface area contributed by atoms with E-state index in [0.29, 0.717) is 34.9 Å². The summed E-state index contributed by atoms with van der Waals surface area (Å²) in [5.41, 5.74) is 2.90. The summed E-state index contributed by atoms with van der Waals surface area (Å²) >= 11 is 6.08. The third kappa shape index (κ3) is 6.12. The number of benzene rings is 3. The standard InChI is InChI=1S/C30H33ClN2O2/c1-30(2,3)25-13-7-9-15-27(25)35-21-11-5-4-10-20-33-28(22-16-18-23(31)19-17-22)32-26-14-8-6-12-24(26)29(33)34/h6-9,12-19H,4-5,10-11,20-21H2,1-3H3. The fourth-order valence-corrected chi connectivity index (χ4v) is 4.44. The van der Waals surface area contributed by atoms with Crippen LogP contribution in [0.25, 0.3) is 22.3 Å². The quantitative estimate of drug-likeness (QED) is 0.227. The zero-order valence-corrected chi connectivity index (χ0v) is 21.5. The van der Waals surface area contributed by atoms with Crippen LogP contribution in [0, 0.1) is 0 Å². The normalized spacial score (nSPS) is 11.7. The first-order valence-corrected chi connectivity index (χ1v) is 12.7. The van der Waals surface area contributed by atoms with E-state index in [0.717, 1.165) is 37.0 Å². The number of hydrogen-bond donors (Lipinski definition) is 0. The summed E-state index contributed by atoms with van der Waals surface area (Å²) in [5.74, 6) is 1.66. The molecule has 0 bridgehead atoms. The highest BCUT2D eigenvalue weighted by Gasteiger charge is 2.18. The Labute approximate surface area is 212 Å². The van der Waals surface area contributed by atoms with E-state index in [1.807, 2.05) is 59.2 Å². The van der Waals surface area contributed by atoms with Gasteiger partial charge in [-0.2, -0.15) is 0 Å². The van der Waals surface area contributed by atoms with E-state index in [2.05, 4.69) is 39.0 Å². The molecule has 5 heteroatoms. The molecule has 1 aromatic heterocycles. The number of halogens is 1. The first-order chi connectivity index (χ1) is 16.8. The number of aromatic nitrogens is 2. The Hall–Kier alpha value is -3.11. The van der Waals surface area contributed by atoms with Gasteiger partial charge in [0.15, 0.2) is 0 Å². The van der Waals surface area contributed by atoms with Gasteiger partial charge in [0.25, 0.3) is 5.56 Å². The molecule has 1 heterocycles. The highest BCUT2D eigenvalue weighted by atomic mass is 35.5. The predicted molar refractivity (Wildman–Crippen MR) is 146 cm³/mol. The number of para-hydroxylation sites is 2. The van der Waals surface area contributed by atoms with Crippen molar-refractivity contribution >= 4 is 22.5 Å². The highest BCUT2D eigenvalue weighted by Crippen LogP contribution is 2.31. The number of hydrogen-bond acceptors (Lipinski definition) is 3. The van der Waals surface area contributed by atoms with Crippen molar-refractivity contribution in [2.24, 2.45) is 0 Å². The Balaban J connectivity index is 1.38. The number of rotatable bonds is 9. The summed E-state index contributed by atoms with van der Waals surface area (Å²) in [7, 11) is 0. The van der Waals surface area contributed by atoms with E-state index >= 15 is 0 Å². The van der Waals surface area contributed by atoms with Gasteiger partial charge in [0.2, 0.25) is 0 Å². The van der Waals surface area contributed by atoms with Crippen molar-refractivity contribution in [3.05, 3.63) is 93.7 Å². The van der Waals surface area contributed by atoms with Crippen LogP contribution in [0.1, 0.15) is 52.0 Å². The summed E-state index contributed by atoms with van der Waals surface area (Å²) in [5, 5.41) is 1.31. The zero-order chi connectivity index (χ0) is 24.8. The second-order valence-corrected chi connectivity index (χ2v) is 10.4. The third-order valence-corrected chi connectivity index (χ3v) is 6.44. The number of ether oxygens (including phenoxy) is 1. The molecule has 182 valence electrons. The highest BCUT2D eigenvalue weighted by molar-refractivity contribution is 6.30. The van der Waals surface area contributed by atoms with Crippen molar-refractivity contribution in [3.8, 4) is 17.1 Å². The minimum absolute atomic E-state index is 0.00247. The molecule has 0 unspecified atom stereocenters. The van der Waals surface area contributed by atoms with Gasteiger partial charge >= 0.3 is 0 Å². The van der Waals surface area contributed by atoms with Gasteiger partial charge in [0.05, 0.1) is 17.5 Å². The van der Waals surface area contributed by atoms with E-state index in [-0.39, 0.29) is 11.0 Å². The maximum absolute atomic E-state index is 13.3. The topological polar surface area (TPSA) is 44.1 Å². The molecule has 0 aliphatic heterocycles. The van der Waals surface area contributed by atoms with Crippen molar-refractivity contribution in [1.29, 1.82) is 0 Å². The molecule has 4 nitrogen and oxygen atoms in total. The van der Waals surface area contributed by atoms with Gasteiger partial charge in [-0.25, -0.2) is 4.98 Å². The van der Waals surface area contributed by atoms with Gasteiger partial charge in [0.1, 0.15) is 11.6 Å². The van der Waals surface area contributed by atoms with Crippen molar-refractivity contribution in [2.45, 2.75) is 58.4 Å². The molecule has 0 amide bonds. The molecule has 35 heavy (non-hydrogen) atoms. The average Bonchev–Trinajstić information content (AvgIpc) is 2.84. The Kier molecular flexibility index (Phi) is 7.92. The molecule has 0 saturated heterocycles. The van der Waals surface area contributed by atoms with Crippen LogP contribution in [0.5, 0.6) is 5.75 Å². The van der Waals surface area contributed by atoms with Crippen LogP contribution in [0.2, 0.25) is 5.02 Å². The molecule has 0 aliphatic carbocycles. The minimum Gasteiger partial charge on any atom is -0.493 e. The van der Waals surface area contributed by atoms with Gasteiger partial charge in [-0.15, -0.1) is 0 Å². The molecule has 0 aliphatic rings. The molecule has 0 N–H and O–H groups in total. The molecular formula is C30H33ClN2O2. The molecule has 0 saturated carbocycles. The molecule has 0 atom stereocenters. The van der Waals surface area contributed by atoms with Gasteiger partial charge in [-0.05, 0) is 66.3 Å². The lowest BCUT2D eigenvalue weighted by atomic mass is 9.86. The first-order valence-electron chi connectivity index (χ1n) is 12.3. The molecule has 0 radical (unpaired) electrons. The Bertz CT molecular complexity index is 1340. The third-order valence-electron chi connectivity index (χ3n) is 6.19. The van der Waals surface area contributed by atoms with Crippen molar-refractivity contribution in [3.63, 3.8) is 0 Å². The average molecular weight is 489 g/mol. The van der Waals surface area contributed by atoms with E-state index in [9.17, 15) is 4.79 Å². The van der Waals surface area contributed by atoms with Crippen LogP contribution in [-0.4, -0.2) is 16.2 Å². The monoisotopic (exact) mass is 488 g/mol. The summed E-state index contributed by atoms with van der Waals surface area (Å²) < 4.78 is 7.91. The van der Waals surface area contributed by atoms with Gasteiger partial charge < -0.3 is 4.74 Å². The number of unbranched alkanes of at least 4 members (excludes halogenated alkanes) is 3. The maximum Gasteiger partial charge on any atom is 0.261 e. The second-order valence-electron chi connectivity index (χ2n) is 9.93. The Morgan fingerprint density at radius 3 is 2.31 bits per heavy atom. The van der Waals surface area contributed by atoms with E-state index in [4.69, 9.17) is 21.3 Å². The predicted octanol–water partition coefficient (Wildman–Crippen LogP) is 7.65. The van der Waals surface area contributed by atoms with Crippen molar-refractivity contribution < 1.29 is 4.74 Å². The fraction of sp³-hybridized carbons (Fsp3) is 0.333. The lowest BCUT2D eigenvalue weighted by molar-refractivity contribution is 0.296. The Morgan fingerprint density at radius 1 is 0.857 bits per heavy atom. The van der Waals surface area contributed by atoms with Crippen LogP contribution in [0.15, 0.2) is 77.6 Å². The SMILES string of the molecule is CC(C)(C)c1ccccc1OCCCCCCn1c(-c2ccc(Cl)cc2)nc2ccccc2c1=O. The smallest absolute Gasteiger partial charge is 0.261 e. The summed E-state index contributed by atoms with van der Waals surface area (Å²) in [6, 6.07) is 23.3. The second kappa shape index (κ2) is 11.1. The van der Waals surface area contributed by atoms with E-state index in [1.165, 1.54) is 5.56 Å². The van der Waals surface area contributed by atoms with Gasteiger partial charge in [-0.3, -0.25) is 9.36 Å². The van der Waals surface area contributed by atoms with Crippen LogP contribution in [0.3, 0.4) is 0 Å². The van der Waals surface area contributed by atoms with E-state index in [1.54, 1.807) is 0 Å². The van der Waals surface area contributed by atoms with E-state index < -0.39 is 0 Å². The van der Waals surface area contributed by atoms with Crippen LogP contribution >= 0.6 is 11.6 Å². The molecule has 3 aromatic carbocycles. The molecule has 4 aromatic rings. The molecule has 4 rings (SSSR count). The van der Waals surface area contributed by atoms with Crippen LogP contribution in [-0.2, 0) is 12.0 Å². The minimum atomic E-state index is 0.00247.